The molecule has 4 rings (SSSR count). The molecule has 2 fully saturated rings. The van der Waals surface area contributed by atoms with Crippen LogP contribution in [0.2, 0.25) is 0 Å². The number of fused-ring (bicyclic) bond motifs is 1. The van der Waals surface area contributed by atoms with Crippen molar-refractivity contribution >= 4 is 23.6 Å². The Morgan fingerprint density at radius 2 is 1.81 bits per heavy atom. The lowest BCUT2D eigenvalue weighted by atomic mass is 9.86. The van der Waals surface area contributed by atoms with Gasteiger partial charge in [-0.2, -0.15) is 0 Å². The smallest absolute Gasteiger partial charge is 0.261 e. The number of nitrogens with zero attached hydrogens (tertiary/aromatic N) is 2. The summed E-state index contributed by atoms with van der Waals surface area (Å²) in [6, 6.07) is 6.79. The Bertz CT molecular complexity index is 771. The zero-order valence-electron chi connectivity index (χ0n) is 14.5. The summed E-state index contributed by atoms with van der Waals surface area (Å²) in [7, 11) is 0. The standard InChI is InChI=1S/C19H21N3O4/c23-15-10-19(11-20-15)7-9-21(12-19)16(24)6-3-8-22-17(25)13-4-1-2-5-14(13)18(22)26/h1-2,4-5H,3,6-12H2,(H,20,23). The minimum Gasteiger partial charge on any atom is -0.355 e. The molecule has 0 radical (unpaired) electrons. The molecule has 7 nitrogen and oxygen atoms in total. The maximum absolute atomic E-state index is 12.5. The largest absolute Gasteiger partial charge is 0.355 e. The van der Waals surface area contributed by atoms with Crippen LogP contribution in [-0.2, 0) is 9.59 Å². The fourth-order valence-corrected chi connectivity index (χ4v) is 4.18. The second-order valence-corrected chi connectivity index (χ2v) is 7.43. The first-order chi connectivity index (χ1) is 12.5. The molecule has 1 spiro atoms. The Balaban J connectivity index is 1.29. The fourth-order valence-electron chi connectivity index (χ4n) is 4.18. The Morgan fingerprint density at radius 1 is 1.12 bits per heavy atom. The zero-order valence-corrected chi connectivity index (χ0v) is 14.5. The van der Waals surface area contributed by atoms with Crippen LogP contribution in [0.3, 0.4) is 0 Å². The molecule has 0 saturated carbocycles. The number of carbonyl (C=O) groups is 4. The molecule has 136 valence electrons. The summed E-state index contributed by atoms with van der Waals surface area (Å²) in [5.41, 5.74) is 0.766. The summed E-state index contributed by atoms with van der Waals surface area (Å²) in [6.07, 6.45) is 2.08. The molecule has 3 aliphatic rings. The lowest BCUT2D eigenvalue weighted by Gasteiger charge is -2.22. The molecular weight excluding hydrogens is 334 g/mol. The van der Waals surface area contributed by atoms with Crippen molar-refractivity contribution in [2.45, 2.75) is 25.7 Å². The predicted octanol–water partition coefficient (Wildman–Crippen LogP) is 0.801. The maximum atomic E-state index is 12.5. The second kappa shape index (κ2) is 6.23. The lowest BCUT2D eigenvalue weighted by molar-refractivity contribution is -0.130. The number of nitrogens with one attached hydrogen (secondary N) is 1. The van der Waals surface area contributed by atoms with Gasteiger partial charge < -0.3 is 10.2 Å². The highest BCUT2D eigenvalue weighted by Gasteiger charge is 2.45. The third-order valence-corrected chi connectivity index (χ3v) is 5.64. The van der Waals surface area contributed by atoms with E-state index in [9.17, 15) is 19.2 Å². The molecule has 4 amide bonds. The molecule has 3 aliphatic heterocycles. The fraction of sp³-hybridized carbons (Fsp3) is 0.474. The normalized spacial score (nSPS) is 24.5. The van der Waals surface area contributed by atoms with Gasteiger partial charge in [0.25, 0.3) is 11.8 Å². The van der Waals surface area contributed by atoms with E-state index in [1.807, 2.05) is 4.90 Å². The SMILES string of the molecule is O=C1CC2(CCN(C(=O)CCCN3C(=O)c4ccccc4C3=O)C2)CN1. The maximum Gasteiger partial charge on any atom is 0.261 e. The molecule has 1 atom stereocenters. The van der Waals surface area contributed by atoms with Crippen LogP contribution in [0.5, 0.6) is 0 Å². The monoisotopic (exact) mass is 355 g/mol. The quantitative estimate of drug-likeness (QED) is 0.810. The van der Waals surface area contributed by atoms with Crippen LogP contribution >= 0.6 is 0 Å². The summed E-state index contributed by atoms with van der Waals surface area (Å²) in [5, 5.41) is 2.85. The van der Waals surface area contributed by atoms with E-state index in [1.54, 1.807) is 24.3 Å². The topological polar surface area (TPSA) is 86.8 Å². The van der Waals surface area contributed by atoms with Crippen molar-refractivity contribution in [1.29, 1.82) is 0 Å². The number of hydrogen-bond donors (Lipinski definition) is 1. The molecule has 0 bridgehead atoms. The first-order valence-electron chi connectivity index (χ1n) is 8.99. The van der Waals surface area contributed by atoms with Crippen molar-refractivity contribution < 1.29 is 19.2 Å². The highest BCUT2D eigenvalue weighted by Crippen LogP contribution is 2.36. The van der Waals surface area contributed by atoms with Gasteiger partial charge in [0.1, 0.15) is 0 Å². The summed E-state index contributed by atoms with van der Waals surface area (Å²) in [5.74, 6) is -0.481. The number of hydrogen-bond acceptors (Lipinski definition) is 4. The molecule has 3 heterocycles. The minimum atomic E-state index is -0.284. The van der Waals surface area contributed by atoms with Gasteiger partial charge in [0.15, 0.2) is 0 Å². The van der Waals surface area contributed by atoms with Gasteiger partial charge in [-0.15, -0.1) is 0 Å². The predicted molar refractivity (Wildman–Crippen MR) is 92.3 cm³/mol. The van der Waals surface area contributed by atoms with E-state index in [1.165, 1.54) is 4.90 Å². The number of rotatable bonds is 4. The highest BCUT2D eigenvalue weighted by molar-refractivity contribution is 6.21. The van der Waals surface area contributed by atoms with Gasteiger partial charge >= 0.3 is 0 Å². The minimum absolute atomic E-state index is 0.0258. The van der Waals surface area contributed by atoms with Gasteiger partial charge in [-0.25, -0.2) is 0 Å². The average Bonchev–Trinajstić information content (AvgIpc) is 3.29. The van der Waals surface area contributed by atoms with Gasteiger partial charge in [-0.1, -0.05) is 12.1 Å². The molecule has 2 saturated heterocycles. The van der Waals surface area contributed by atoms with Crippen LogP contribution in [-0.4, -0.2) is 59.6 Å². The third-order valence-electron chi connectivity index (χ3n) is 5.64. The van der Waals surface area contributed by atoms with Gasteiger partial charge in [0, 0.05) is 44.4 Å². The molecule has 1 unspecified atom stereocenters. The van der Waals surface area contributed by atoms with E-state index in [0.717, 1.165) is 6.42 Å². The van der Waals surface area contributed by atoms with Crippen molar-refractivity contribution in [3.63, 3.8) is 0 Å². The highest BCUT2D eigenvalue weighted by atomic mass is 16.2. The van der Waals surface area contributed by atoms with Crippen molar-refractivity contribution in [3.8, 4) is 0 Å². The van der Waals surface area contributed by atoms with Crippen LogP contribution < -0.4 is 5.32 Å². The Hall–Kier alpha value is -2.70. The lowest BCUT2D eigenvalue weighted by Crippen LogP contribution is -2.34. The van der Waals surface area contributed by atoms with Crippen molar-refractivity contribution in [1.82, 2.24) is 15.1 Å². The first-order valence-corrected chi connectivity index (χ1v) is 8.99. The van der Waals surface area contributed by atoms with E-state index < -0.39 is 0 Å². The summed E-state index contributed by atoms with van der Waals surface area (Å²) in [6.45, 7) is 2.17. The molecule has 0 aromatic heterocycles. The summed E-state index contributed by atoms with van der Waals surface area (Å²) >= 11 is 0. The van der Waals surface area contributed by atoms with E-state index >= 15 is 0 Å². The molecule has 7 heteroatoms. The number of imide groups is 1. The Morgan fingerprint density at radius 3 is 2.42 bits per heavy atom. The zero-order chi connectivity index (χ0) is 18.3. The molecule has 0 aliphatic carbocycles. The van der Waals surface area contributed by atoms with Crippen molar-refractivity contribution in [2.75, 3.05) is 26.2 Å². The number of amides is 4. The molecule has 1 aromatic rings. The summed E-state index contributed by atoms with van der Waals surface area (Å²) in [4.78, 5) is 51.6. The molecule has 26 heavy (non-hydrogen) atoms. The van der Waals surface area contributed by atoms with Crippen LogP contribution in [0.15, 0.2) is 24.3 Å². The van der Waals surface area contributed by atoms with Gasteiger partial charge in [0.2, 0.25) is 11.8 Å². The van der Waals surface area contributed by atoms with Gasteiger partial charge in [-0.05, 0) is 25.0 Å². The van der Waals surface area contributed by atoms with Crippen molar-refractivity contribution in [3.05, 3.63) is 35.4 Å². The van der Waals surface area contributed by atoms with E-state index in [-0.39, 0.29) is 35.6 Å². The molecule has 1 aromatic carbocycles. The Labute approximate surface area is 151 Å². The second-order valence-electron chi connectivity index (χ2n) is 7.43. The summed E-state index contributed by atoms with van der Waals surface area (Å²) < 4.78 is 0. The number of benzene rings is 1. The van der Waals surface area contributed by atoms with E-state index in [0.29, 0.717) is 50.0 Å². The van der Waals surface area contributed by atoms with E-state index in [2.05, 4.69) is 5.32 Å². The number of likely N-dealkylation sites (tertiary alicyclic amines) is 1. The molecule has 1 N–H and O–H groups in total. The third kappa shape index (κ3) is 2.77. The van der Waals surface area contributed by atoms with Gasteiger partial charge in [0.05, 0.1) is 11.1 Å². The van der Waals surface area contributed by atoms with Crippen LogP contribution in [0.1, 0.15) is 46.4 Å². The Kier molecular flexibility index (Phi) is 4.01. The van der Waals surface area contributed by atoms with Crippen LogP contribution in [0, 0.1) is 5.41 Å². The van der Waals surface area contributed by atoms with E-state index in [4.69, 9.17) is 0 Å². The molecular formula is C19H21N3O4. The average molecular weight is 355 g/mol. The van der Waals surface area contributed by atoms with Crippen LogP contribution in [0.4, 0.5) is 0 Å². The first kappa shape index (κ1) is 16.8. The van der Waals surface area contributed by atoms with Crippen LogP contribution in [0.25, 0.3) is 0 Å². The number of carbonyl (C=O) groups excluding carboxylic acids is 4. The van der Waals surface area contributed by atoms with Gasteiger partial charge in [-0.3, -0.25) is 24.1 Å². The van der Waals surface area contributed by atoms with Crippen molar-refractivity contribution in [2.24, 2.45) is 5.41 Å².